The first-order valence-electron chi connectivity index (χ1n) is 31.4. The van der Waals surface area contributed by atoms with Crippen molar-refractivity contribution in [3.8, 4) is 22.3 Å². The van der Waals surface area contributed by atoms with E-state index in [-0.39, 0.29) is 19.5 Å². The first kappa shape index (κ1) is 61.4. The van der Waals surface area contributed by atoms with Crippen molar-refractivity contribution < 1.29 is 19.5 Å². The molecule has 0 amide bonds. The van der Waals surface area contributed by atoms with E-state index in [1.54, 1.807) is 0 Å². The maximum Gasteiger partial charge on any atom is 0 e. The topological polar surface area (TPSA) is 0 Å². The van der Waals surface area contributed by atoms with Crippen LogP contribution in [0.3, 0.4) is 0 Å². The molecule has 0 fully saturated rings. The Morgan fingerprint density at radius 2 is 0.269 bits per heavy atom. The molecule has 0 radical (unpaired) electrons. The van der Waals surface area contributed by atoms with Gasteiger partial charge in [-0.25, -0.2) is 0 Å². The quantitative estimate of drug-likeness (QED) is 0.0752. The van der Waals surface area contributed by atoms with Crippen LogP contribution >= 0.6 is 31.7 Å². The van der Waals surface area contributed by atoms with Gasteiger partial charge in [-0.05, 0) is 161 Å². The zero-order valence-electron chi connectivity index (χ0n) is 51.1. The van der Waals surface area contributed by atoms with Crippen molar-refractivity contribution in [1.29, 1.82) is 0 Å². The van der Waals surface area contributed by atoms with E-state index in [0.29, 0.717) is 0 Å². The second-order valence-electron chi connectivity index (χ2n) is 22.7. The number of benzene rings is 16. The molecule has 0 saturated carbocycles. The van der Waals surface area contributed by atoms with E-state index in [9.17, 15) is 0 Å². The van der Waals surface area contributed by atoms with E-state index in [2.05, 4.69) is 388 Å². The van der Waals surface area contributed by atoms with Gasteiger partial charge >= 0.3 is 0 Å². The van der Waals surface area contributed by atoms with Crippen LogP contribution < -0.4 is 63.7 Å². The Morgan fingerprint density at radius 1 is 0.129 bits per heavy atom. The number of hydrogen-bond acceptors (Lipinski definition) is 0. The van der Waals surface area contributed by atoms with Gasteiger partial charge in [-0.3, -0.25) is 0 Å². The van der Waals surface area contributed by atoms with Crippen LogP contribution in [0.25, 0.3) is 65.3 Å². The van der Waals surface area contributed by atoms with Crippen LogP contribution in [0.4, 0.5) is 0 Å². The maximum atomic E-state index is 2.42. The summed E-state index contributed by atoms with van der Waals surface area (Å²) in [6.45, 7) is 0. The molecule has 0 unspecified atom stereocenters. The average molecular weight is 1350 g/mol. The number of hydrogen-bond donors (Lipinski definition) is 0. The van der Waals surface area contributed by atoms with Crippen LogP contribution in [0.15, 0.2) is 388 Å². The molecule has 0 heterocycles. The van der Waals surface area contributed by atoms with Gasteiger partial charge in [-0.1, -0.05) is 388 Å². The maximum absolute atomic E-state index is 2.42. The molecule has 0 aliphatic carbocycles. The van der Waals surface area contributed by atoms with Gasteiger partial charge in [0.2, 0.25) is 0 Å². The number of rotatable bonds is 14. The second-order valence-corrected chi connectivity index (χ2v) is 31.5. The van der Waals surface area contributed by atoms with Crippen molar-refractivity contribution in [2.45, 2.75) is 0 Å². The van der Waals surface area contributed by atoms with Crippen molar-refractivity contribution in [3.63, 3.8) is 0 Å². The van der Waals surface area contributed by atoms with Gasteiger partial charge in [-0.2, -0.15) is 0 Å². The Morgan fingerprint density at radius 3 is 0.430 bits per heavy atom. The van der Waals surface area contributed by atoms with Crippen molar-refractivity contribution >= 4 is 138 Å². The Hall–Kier alpha value is -9.10. The average Bonchev–Trinajstić information content (AvgIpc) is 0.748. The summed E-state index contributed by atoms with van der Waals surface area (Å²) >= 11 is 0. The molecule has 0 aliphatic rings. The van der Waals surface area contributed by atoms with Crippen LogP contribution in [0.5, 0.6) is 0 Å². The van der Waals surface area contributed by atoms with Gasteiger partial charge in [0.05, 0.1) is 0 Å². The predicted molar refractivity (Wildman–Crippen MR) is 409 cm³/mol. The van der Waals surface area contributed by atoms with Crippen LogP contribution in [0, 0.1) is 0 Å². The van der Waals surface area contributed by atoms with Gasteiger partial charge in [-0.15, -0.1) is 0 Å². The fourth-order valence-electron chi connectivity index (χ4n) is 13.2. The Bertz CT molecular complexity index is 4340. The minimum Gasteiger partial charge on any atom is -0.0622 e. The van der Waals surface area contributed by atoms with Gasteiger partial charge < -0.3 is 0 Å². The molecule has 0 bridgehead atoms. The first-order chi connectivity index (χ1) is 45.7. The molecule has 16 aromatic rings. The smallest absolute Gasteiger partial charge is 0 e. The van der Waals surface area contributed by atoms with Crippen molar-refractivity contribution in [2.75, 3.05) is 0 Å². The molecule has 5 heteroatoms. The molecule has 93 heavy (non-hydrogen) atoms. The molecule has 0 saturated heterocycles. The zero-order chi connectivity index (χ0) is 61.4. The Labute approximate surface area is 564 Å². The second kappa shape index (κ2) is 28.8. The van der Waals surface area contributed by atoms with Gasteiger partial charge in [0.1, 0.15) is 0 Å². The van der Waals surface area contributed by atoms with E-state index in [1.165, 1.54) is 129 Å². The van der Waals surface area contributed by atoms with E-state index >= 15 is 0 Å². The third-order valence-electron chi connectivity index (χ3n) is 17.2. The van der Waals surface area contributed by atoms with Crippen molar-refractivity contribution in [3.05, 3.63) is 388 Å². The Balaban J connectivity index is 0.000000159. The molecule has 16 rings (SSSR count). The van der Waals surface area contributed by atoms with Gasteiger partial charge in [0.15, 0.2) is 0 Å². The molecular formula is C88H64P4Ru. The molecule has 16 aromatic carbocycles. The summed E-state index contributed by atoms with van der Waals surface area (Å²) in [6, 6.07) is 144. The largest absolute Gasteiger partial charge is 0.0622 e. The summed E-state index contributed by atoms with van der Waals surface area (Å²) < 4.78 is 0. The fourth-order valence-corrected chi connectivity index (χ4v) is 23.1. The monoisotopic (exact) mass is 1350 g/mol. The SMILES string of the molecule is [Ru].c1ccc(P(c2ccccc2)c2ccc3ccccc3c2-c2c(P(c3ccccc3)c3ccccc3)ccc3ccccc23)cc1.c1ccc(P(c2ccccc2)c2ccc3ccccc3c2-c2c(P(c3ccccc3)c3ccccc3)ccc3ccccc23)cc1. The third kappa shape index (κ3) is 12.7. The summed E-state index contributed by atoms with van der Waals surface area (Å²) in [5, 5.41) is 26.7. The van der Waals surface area contributed by atoms with Crippen molar-refractivity contribution in [2.24, 2.45) is 0 Å². The van der Waals surface area contributed by atoms with E-state index < -0.39 is 31.7 Å². The molecule has 0 aliphatic heterocycles. The molecule has 0 aromatic heterocycles. The van der Waals surface area contributed by atoms with E-state index in [0.717, 1.165) is 0 Å². The fraction of sp³-hybridized carbons (Fsp3) is 0. The van der Waals surface area contributed by atoms with E-state index in [1.807, 2.05) is 0 Å². The summed E-state index contributed by atoms with van der Waals surface area (Å²) in [7, 11) is -3.41. The summed E-state index contributed by atoms with van der Waals surface area (Å²) in [5.74, 6) is 0. The molecule has 444 valence electrons. The van der Waals surface area contributed by atoms with Crippen molar-refractivity contribution in [1.82, 2.24) is 0 Å². The minimum absolute atomic E-state index is 0. The standard InChI is InChI=1S/2C44H32P2.Ru/c2*1-5-19-35(20-6-1)45(36-21-7-2-8-22-36)41-31-29-33-17-13-15-27-39(33)43(41)44-40-28-16-14-18-34(40)30-32-42(44)46(37-23-9-3-10-24-37)38-25-11-4-12-26-38;/h2*1-32H;. The third-order valence-corrected chi connectivity index (χ3v) is 27.1. The summed E-state index contributed by atoms with van der Waals surface area (Å²) in [6.07, 6.45) is 0. The van der Waals surface area contributed by atoms with Gasteiger partial charge in [0.25, 0.3) is 0 Å². The van der Waals surface area contributed by atoms with Crippen LogP contribution in [-0.4, -0.2) is 0 Å². The molecule has 0 atom stereocenters. The molecule has 0 N–H and O–H groups in total. The number of fused-ring (bicyclic) bond motifs is 4. The summed E-state index contributed by atoms with van der Waals surface area (Å²) in [4.78, 5) is 0. The van der Waals surface area contributed by atoms with Gasteiger partial charge in [0, 0.05) is 19.5 Å². The van der Waals surface area contributed by atoms with Crippen LogP contribution in [0.1, 0.15) is 0 Å². The normalized spacial score (nSPS) is 11.3. The summed E-state index contributed by atoms with van der Waals surface area (Å²) in [5.41, 5.74) is 5.40. The van der Waals surface area contributed by atoms with E-state index in [4.69, 9.17) is 0 Å². The predicted octanol–water partition coefficient (Wildman–Crippen LogP) is 18.4. The Kier molecular flexibility index (Phi) is 19.0. The first-order valence-corrected chi connectivity index (χ1v) is 36.8. The zero-order valence-corrected chi connectivity index (χ0v) is 56.4. The van der Waals surface area contributed by atoms with Crippen LogP contribution in [-0.2, 0) is 19.5 Å². The molecule has 0 spiro atoms. The molecular weight excluding hydrogens is 1280 g/mol. The minimum atomic E-state index is -0.852. The van der Waals surface area contributed by atoms with Crippen LogP contribution in [0.2, 0.25) is 0 Å². The molecule has 0 nitrogen and oxygen atoms in total.